The van der Waals surface area contributed by atoms with Gasteiger partial charge in [-0.25, -0.2) is 9.78 Å². The van der Waals surface area contributed by atoms with Gasteiger partial charge in [-0.1, -0.05) is 0 Å². The fraction of sp³-hybridized carbons (Fsp3) is 0.222. The van der Waals surface area contributed by atoms with Crippen molar-refractivity contribution < 1.29 is 9.90 Å². The molecule has 0 aliphatic carbocycles. The molecule has 5 N–H and O–H groups in total. The molecule has 0 spiro atoms. The largest absolute Gasteiger partial charge is 0.480 e. The number of hydrogen-bond donors (Lipinski definition) is 4. The first kappa shape index (κ1) is 13.0. The number of hydrogen-bond acceptors (Lipinski definition) is 7. The minimum absolute atomic E-state index is 0.00409. The molecular weight excluding hydrogens is 274 g/mol. The van der Waals surface area contributed by atoms with Crippen LogP contribution in [0.25, 0.3) is 0 Å². The minimum atomic E-state index is -1.07. The molecule has 2 rings (SSSR count). The zero-order valence-electron chi connectivity index (χ0n) is 9.54. The average molecular weight is 284 g/mol. The van der Waals surface area contributed by atoms with E-state index in [4.69, 9.17) is 22.4 Å². The highest BCUT2D eigenvalue weighted by atomic mass is 35.5. The molecule has 0 saturated heterocycles. The lowest BCUT2D eigenvalue weighted by atomic mass is 10.2. The van der Waals surface area contributed by atoms with E-state index in [1.165, 1.54) is 12.5 Å². The standard InChI is InChI=1S/C9H10ClN7O2/c10-7-15-8(11)17-9(16-7)14-5(6(18)19)1-4-2-12-3-13-4/h2-3,5H,1H2,(H,12,13)(H,18,19)(H3,11,14,15,16,17). The van der Waals surface area contributed by atoms with Crippen molar-refractivity contribution in [3.05, 3.63) is 23.5 Å². The summed E-state index contributed by atoms with van der Waals surface area (Å²) in [4.78, 5) is 28.9. The molecule has 0 radical (unpaired) electrons. The van der Waals surface area contributed by atoms with Gasteiger partial charge in [0.25, 0.3) is 0 Å². The van der Waals surface area contributed by atoms with E-state index in [1.54, 1.807) is 0 Å². The summed E-state index contributed by atoms with van der Waals surface area (Å²) >= 11 is 5.61. The Kier molecular flexibility index (Phi) is 3.76. The Balaban J connectivity index is 2.14. The van der Waals surface area contributed by atoms with Crippen molar-refractivity contribution in [1.82, 2.24) is 24.9 Å². The number of aliphatic carboxylic acids is 1. The number of carboxylic acids is 1. The molecule has 0 bridgehead atoms. The van der Waals surface area contributed by atoms with Crippen molar-refractivity contribution in [3.63, 3.8) is 0 Å². The highest BCUT2D eigenvalue weighted by Crippen LogP contribution is 2.10. The van der Waals surface area contributed by atoms with E-state index < -0.39 is 12.0 Å². The number of aromatic amines is 1. The maximum absolute atomic E-state index is 11.2. The van der Waals surface area contributed by atoms with E-state index in [2.05, 4.69) is 30.2 Å². The average Bonchev–Trinajstić information content (AvgIpc) is 2.79. The number of halogens is 1. The van der Waals surface area contributed by atoms with E-state index in [9.17, 15) is 4.79 Å². The number of nitrogens with two attached hydrogens (primary N) is 1. The van der Waals surface area contributed by atoms with Crippen LogP contribution in [0.15, 0.2) is 12.5 Å². The quantitative estimate of drug-likeness (QED) is 0.597. The predicted octanol–water partition coefficient (Wildman–Crippen LogP) is -0.0619. The lowest BCUT2D eigenvalue weighted by molar-refractivity contribution is -0.137. The van der Waals surface area contributed by atoms with E-state index in [1.807, 2.05) is 0 Å². The second-order valence-electron chi connectivity index (χ2n) is 3.60. The summed E-state index contributed by atoms with van der Waals surface area (Å²) < 4.78 is 0. The SMILES string of the molecule is Nc1nc(Cl)nc(NC(Cc2cnc[nH]2)C(=O)O)n1. The molecule has 1 unspecified atom stereocenters. The van der Waals surface area contributed by atoms with Crippen molar-refractivity contribution in [2.75, 3.05) is 11.1 Å². The van der Waals surface area contributed by atoms with Gasteiger partial charge in [0, 0.05) is 18.3 Å². The van der Waals surface area contributed by atoms with Gasteiger partial charge in [-0.3, -0.25) is 0 Å². The van der Waals surface area contributed by atoms with Crippen molar-refractivity contribution >= 4 is 29.5 Å². The van der Waals surface area contributed by atoms with Gasteiger partial charge in [-0.05, 0) is 11.6 Å². The second-order valence-corrected chi connectivity index (χ2v) is 3.94. The Morgan fingerprint density at radius 3 is 2.89 bits per heavy atom. The van der Waals surface area contributed by atoms with Crippen LogP contribution >= 0.6 is 11.6 Å². The topological polar surface area (TPSA) is 143 Å². The minimum Gasteiger partial charge on any atom is -0.480 e. The Morgan fingerprint density at radius 1 is 1.53 bits per heavy atom. The summed E-state index contributed by atoms with van der Waals surface area (Å²) in [6, 6.07) is -0.946. The molecule has 10 heteroatoms. The third kappa shape index (κ3) is 3.52. The molecule has 0 fully saturated rings. The van der Waals surface area contributed by atoms with E-state index in [0.717, 1.165) is 0 Å². The summed E-state index contributed by atoms with van der Waals surface area (Å²) in [5, 5.41) is 11.7. The van der Waals surface area contributed by atoms with E-state index in [-0.39, 0.29) is 23.6 Å². The van der Waals surface area contributed by atoms with Crippen LogP contribution in [0.5, 0.6) is 0 Å². The zero-order chi connectivity index (χ0) is 13.8. The summed E-state index contributed by atoms with van der Waals surface area (Å²) in [7, 11) is 0. The molecule has 2 aromatic rings. The van der Waals surface area contributed by atoms with Gasteiger partial charge in [0.1, 0.15) is 6.04 Å². The molecule has 2 aromatic heterocycles. The highest BCUT2D eigenvalue weighted by molar-refractivity contribution is 6.28. The van der Waals surface area contributed by atoms with Crippen LogP contribution < -0.4 is 11.1 Å². The lowest BCUT2D eigenvalue weighted by Gasteiger charge is -2.13. The van der Waals surface area contributed by atoms with Crippen molar-refractivity contribution in [1.29, 1.82) is 0 Å². The number of imidazole rings is 1. The van der Waals surface area contributed by atoms with E-state index in [0.29, 0.717) is 5.69 Å². The molecule has 0 amide bonds. The fourth-order valence-electron chi connectivity index (χ4n) is 1.40. The first-order valence-corrected chi connectivity index (χ1v) is 5.56. The highest BCUT2D eigenvalue weighted by Gasteiger charge is 2.20. The van der Waals surface area contributed by atoms with Crippen molar-refractivity contribution in [2.45, 2.75) is 12.5 Å². The summed E-state index contributed by atoms with van der Waals surface area (Å²) in [6.45, 7) is 0. The van der Waals surface area contributed by atoms with Crippen LogP contribution in [-0.4, -0.2) is 42.0 Å². The molecule has 1 atom stereocenters. The third-order valence-corrected chi connectivity index (χ3v) is 2.37. The summed E-state index contributed by atoms with van der Waals surface area (Å²) in [5.41, 5.74) is 6.06. The van der Waals surface area contributed by atoms with Gasteiger partial charge in [0.05, 0.1) is 6.33 Å². The molecule has 0 saturated carbocycles. The third-order valence-electron chi connectivity index (χ3n) is 2.21. The Morgan fingerprint density at radius 2 is 2.32 bits per heavy atom. The van der Waals surface area contributed by atoms with Crippen LogP contribution in [0.2, 0.25) is 5.28 Å². The lowest BCUT2D eigenvalue weighted by Crippen LogP contribution is -2.32. The monoisotopic (exact) mass is 283 g/mol. The van der Waals surface area contributed by atoms with Crippen LogP contribution in [-0.2, 0) is 11.2 Å². The fourth-order valence-corrected chi connectivity index (χ4v) is 1.57. The predicted molar refractivity (Wildman–Crippen MR) is 66.6 cm³/mol. The number of nitrogen functional groups attached to an aromatic ring is 1. The first-order valence-electron chi connectivity index (χ1n) is 5.18. The Hall–Kier alpha value is -2.42. The molecule has 0 aliphatic rings. The first-order chi connectivity index (χ1) is 9.04. The Labute approximate surface area is 112 Å². The number of anilines is 2. The van der Waals surface area contributed by atoms with Crippen LogP contribution in [0, 0.1) is 0 Å². The second kappa shape index (κ2) is 5.48. The van der Waals surface area contributed by atoms with Gasteiger partial charge < -0.3 is 21.1 Å². The van der Waals surface area contributed by atoms with E-state index >= 15 is 0 Å². The summed E-state index contributed by atoms with van der Waals surface area (Å²) in [6.07, 6.45) is 3.18. The van der Waals surface area contributed by atoms with Crippen LogP contribution in [0.1, 0.15) is 5.69 Å². The molecule has 19 heavy (non-hydrogen) atoms. The summed E-state index contributed by atoms with van der Waals surface area (Å²) in [5.74, 6) is -1.15. The number of nitrogens with one attached hydrogen (secondary N) is 2. The van der Waals surface area contributed by atoms with Gasteiger partial charge in [0.2, 0.25) is 17.2 Å². The van der Waals surface area contributed by atoms with Gasteiger partial charge in [-0.2, -0.15) is 15.0 Å². The zero-order valence-corrected chi connectivity index (χ0v) is 10.3. The molecule has 0 aromatic carbocycles. The number of aromatic nitrogens is 5. The van der Waals surface area contributed by atoms with Crippen molar-refractivity contribution in [3.8, 4) is 0 Å². The molecule has 9 nitrogen and oxygen atoms in total. The number of H-pyrrole nitrogens is 1. The Bertz CT molecular complexity index is 554. The van der Waals surface area contributed by atoms with Crippen LogP contribution in [0.3, 0.4) is 0 Å². The van der Waals surface area contributed by atoms with Gasteiger partial charge >= 0.3 is 5.97 Å². The normalized spacial score (nSPS) is 12.1. The number of carboxylic acid groups (broad SMARTS) is 1. The maximum Gasteiger partial charge on any atom is 0.326 e. The number of carbonyl (C=O) groups is 1. The molecule has 0 aliphatic heterocycles. The molecular formula is C9H10ClN7O2. The van der Waals surface area contributed by atoms with Crippen LogP contribution in [0.4, 0.5) is 11.9 Å². The van der Waals surface area contributed by atoms with Gasteiger partial charge in [-0.15, -0.1) is 0 Å². The smallest absolute Gasteiger partial charge is 0.326 e. The maximum atomic E-state index is 11.2. The number of nitrogens with zero attached hydrogens (tertiary/aromatic N) is 4. The van der Waals surface area contributed by atoms with Crippen molar-refractivity contribution in [2.24, 2.45) is 0 Å². The van der Waals surface area contributed by atoms with Gasteiger partial charge in [0.15, 0.2) is 0 Å². The number of rotatable bonds is 5. The molecule has 100 valence electrons. The molecule has 2 heterocycles.